The maximum absolute atomic E-state index is 12.7. The fourth-order valence-corrected chi connectivity index (χ4v) is 12.4. The number of aromatic nitrogens is 18. The molecule has 6 heterocycles. The number of hydrogen-bond acceptors (Lipinski definition) is 36. The lowest BCUT2D eigenvalue weighted by atomic mass is 9.90. The lowest BCUT2D eigenvalue weighted by molar-refractivity contribution is 0.451. The number of hydrogen-bond donors (Lipinski definition) is 12. The molecule has 0 radical (unpaired) electrons. The van der Waals surface area contributed by atoms with Crippen molar-refractivity contribution in [3.8, 4) is 34.5 Å². The molecule has 0 fully saturated rings. The van der Waals surface area contributed by atoms with Gasteiger partial charge in [-0.2, -0.15) is 29.9 Å². The molecule has 1 aliphatic carbocycles. The number of azo groups is 6. The Balaban J connectivity index is 1.04. The SMILES string of the molecule is CSc1nc(N=Nc2cc3c(O)c(c2)Cc2cc(N=Nc4n[nH]c(SC)n4)cc(c2O)Cc2cc(N=Nc4n[nH]c(SC)n4)cc(c2O)Cc2cc(N=Nc4n[nH]c(SC)n4)cc(c2O)Cc2cc(N=Nc4n[nH]c(SC)n4)cc(c2O)Cc2cc(N=Nc4n[nH]c(SC)n4)cc(c2O)C3)n[nH]1. The van der Waals surface area contributed by atoms with Crippen LogP contribution in [-0.2, 0) is 38.5 Å². The standard InChI is InChI=1S/C60H54N30O6S6/c1-97-55-61-49(79-85-55)73-67-37-13-25-7-27-15-38(68-74-50-62-56(98-2)86-80-50)17-29(44(27)92)9-31-19-40(70-76-52-64-58(100-4)88-82-52)21-33(46(31)94)11-35-23-42(72-78-54-66-60(102-6)90-84-54)24-36(48(35)96)12-34-22-41(71-77-53-65-59(101-5)89-83-53)20-32(47(34)95)10-30-18-39(69-75-51-63-57(99-3)87-81-51)16-28(45(30)93)8-26(14-37)43(25)91/h13-24,91-96H,7-12H2,1-6H3,(H,61,79,85)(H,62,80,86)(H,63,81,87)(H,64,82,88)(H,65,83,89)(H,66,84,90). The first-order chi connectivity index (χ1) is 49.6. The first-order valence-corrected chi connectivity index (χ1v) is 37.3. The predicted octanol–water partition coefficient (Wildman–Crippen LogP) is 15.3. The van der Waals surface area contributed by atoms with Crippen LogP contribution in [0.15, 0.2) is 165 Å². The minimum absolute atomic E-state index is 0.0122. The Hall–Kier alpha value is -11.3. The Morgan fingerprint density at radius 2 is 0.353 bits per heavy atom. The van der Waals surface area contributed by atoms with Crippen LogP contribution in [0.3, 0.4) is 0 Å². The first kappa shape index (κ1) is 69.2. The number of phenols is 6. The van der Waals surface area contributed by atoms with Crippen LogP contribution in [-0.4, -0.2) is 159 Å². The van der Waals surface area contributed by atoms with Crippen LogP contribution in [0.4, 0.5) is 69.8 Å². The van der Waals surface area contributed by atoms with Gasteiger partial charge in [0.1, 0.15) is 34.5 Å². The van der Waals surface area contributed by atoms with Crippen molar-refractivity contribution in [2.45, 2.75) is 69.5 Å². The van der Waals surface area contributed by atoms with E-state index >= 15 is 0 Å². The summed E-state index contributed by atoms with van der Waals surface area (Å²) in [5.41, 5.74) is 3.73. The summed E-state index contributed by atoms with van der Waals surface area (Å²) in [5, 5.41) is 174. The topological polar surface area (TPSA) is 519 Å². The van der Waals surface area contributed by atoms with Crippen molar-refractivity contribution in [1.29, 1.82) is 0 Å². The average Bonchev–Trinajstić information content (AvgIpc) is 0.957. The van der Waals surface area contributed by atoms with Gasteiger partial charge < -0.3 is 30.6 Å². The van der Waals surface area contributed by atoms with E-state index in [9.17, 15) is 30.6 Å². The number of aromatic amines is 6. The third-order valence-electron chi connectivity index (χ3n) is 15.2. The van der Waals surface area contributed by atoms with Crippen LogP contribution in [0.5, 0.6) is 34.5 Å². The molecule has 12 bridgehead atoms. The van der Waals surface area contributed by atoms with Gasteiger partial charge in [0.15, 0.2) is 30.9 Å². The third kappa shape index (κ3) is 16.3. The molecule has 42 heteroatoms. The number of benzene rings is 6. The van der Waals surface area contributed by atoms with Crippen LogP contribution in [0.1, 0.15) is 66.8 Å². The summed E-state index contributed by atoms with van der Waals surface area (Å²) in [4.78, 5) is 26.2. The molecule has 13 rings (SSSR count). The quantitative estimate of drug-likeness (QED) is 0.0280. The monoisotopic (exact) mass is 1480 g/mol. The molecular formula is C60H54N30O6S6. The molecule has 0 aliphatic heterocycles. The van der Waals surface area contributed by atoms with E-state index in [1.54, 1.807) is 72.8 Å². The zero-order valence-electron chi connectivity index (χ0n) is 54.0. The molecule has 6 aromatic heterocycles. The number of aromatic hydroxyl groups is 6. The van der Waals surface area contributed by atoms with E-state index in [-0.39, 0.29) is 210 Å². The molecule has 1 aliphatic rings. The van der Waals surface area contributed by atoms with E-state index < -0.39 is 0 Å². The van der Waals surface area contributed by atoms with Gasteiger partial charge in [-0.3, -0.25) is 30.6 Å². The van der Waals surface area contributed by atoms with Crippen molar-refractivity contribution < 1.29 is 30.6 Å². The normalized spacial score (nSPS) is 13.0. The highest BCUT2D eigenvalue weighted by atomic mass is 32.2. The number of phenolic OH excluding ortho intramolecular Hbond substituents is 6. The van der Waals surface area contributed by atoms with Crippen molar-refractivity contribution in [3.63, 3.8) is 0 Å². The van der Waals surface area contributed by atoms with Crippen molar-refractivity contribution >= 4 is 140 Å². The van der Waals surface area contributed by atoms with Gasteiger partial charge in [0.25, 0.3) is 35.7 Å². The number of nitrogens with zero attached hydrogens (tertiary/aromatic N) is 24. The number of rotatable bonds is 18. The van der Waals surface area contributed by atoms with Gasteiger partial charge >= 0.3 is 0 Å². The number of nitrogens with one attached hydrogen (secondary N) is 6. The highest BCUT2D eigenvalue weighted by molar-refractivity contribution is 7.99. The van der Waals surface area contributed by atoms with Crippen molar-refractivity contribution in [2.24, 2.45) is 61.4 Å². The van der Waals surface area contributed by atoms with E-state index in [1.165, 1.54) is 70.6 Å². The summed E-state index contributed by atoms with van der Waals surface area (Å²) >= 11 is 7.89. The Bertz CT molecular complexity index is 4340. The third-order valence-corrected chi connectivity index (χ3v) is 18.6. The van der Waals surface area contributed by atoms with Gasteiger partial charge in [-0.25, -0.2) is 0 Å². The highest BCUT2D eigenvalue weighted by Gasteiger charge is 2.25. The minimum atomic E-state index is -0.269. The summed E-state index contributed by atoms with van der Waals surface area (Å²) < 4.78 is 0. The lowest BCUT2D eigenvalue weighted by Crippen LogP contribution is -2.01. The predicted molar refractivity (Wildman–Crippen MR) is 380 cm³/mol. The number of H-pyrrole nitrogens is 6. The van der Waals surface area contributed by atoms with Gasteiger partial charge in [0.05, 0.1) is 34.1 Å². The van der Waals surface area contributed by atoms with E-state index in [0.717, 1.165) is 0 Å². The largest absolute Gasteiger partial charge is 0.507 e. The second-order valence-electron chi connectivity index (χ2n) is 21.8. The molecule has 36 nitrogen and oxygen atoms in total. The molecule has 516 valence electrons. The lowest BCUT2D eigenvalue weighted by Gasteiger charge is -2.18. The van der Waals surface area contributed by atoms with Gasteiger partial charge in [0, 0.05) is 105 Å². The molecule has 0 amide bonds. The zero-order chi connectivity index (χ0) is 71.0. The Kier molecular flexibility index (Phi) is 21.1. The summed E-state index contributed by atoms with van der Waals surface area (Å²) in [7, 11) is 0. The number of fused-ring (bicyclic) bond motifs is 12. The Labute approximate surface area is 600 Å². The molecule has 0 atom stereocenters. The molecule has 12 aromatic rings. The molecule has 6 aromatic carbocycles. The fourth-order valence-electron chi connectivity index (χ4n) is 10.5. The molecule has 0 unspecified atom stereocenters. The van der Waals surface area contributed by atoms with Crippen LogP contribution in [0, 0.1) is 0 Å². The van der Waals surface area contributed by atoms with E-state index in [4.69, 9.17) is 0 Å². The van der Waals surface area contributed by atoms with E-state index in [0.29, 0.717) is 30.9 Å². The van der Waals surface area contributed by atoms with Crippen LogP contribution in [0.2, 0.25) is 0 Å². The maximum Gasteiger partial charge on any atom is 0.288 e. The van der Waals surface area contributed by atoms with Crippen molar-refractivity contribution in [3.05, 3.63) is 140 Å². The molecular weight excluding hydrogens is 1430 g/mol. The smallest absolute Gasteiger partial charge is 0.288 e. The van der Waals surface area contributed by atoms with Crippen LogP contribution < -0.4 is 0 Å². The van der Waals surface area contributed by atoms with Gasteiger partial charge in [0.2, 0.25) is 0 Å². The summed E-state index contributed by atoms with van der Waals surface area (Å²) in [6.45, 7) is 0. The van der Waals surface area contributed by atoms with E-state index in [1.807, 2.05) is 37.5 Å². The Morgan fingerprint density at radius 1 is 0.225 bits per heavy atom. The molecule has 0 spiro atoms. The zero-order valence-corrected chi connectivity index (χ0v) is 58.9. The van der Waals surface area contributed by atoms with Crippen LogP contribution >= 0.6 is 70.6 Å². The second-order valence-corrected chi connectivity index (χ2v) is 26.6. The molecule has 0 saturated carbocycles. The fraction of sp³-hybridized carbons (Fsp3) is 0.200. The van der Waals surface area contributed by atoms with Crippen molar-refractivity contribution in [2.75, 3.05) is 37.5 Å². The highest BCUT2D eigenvalue weighted by Crippen LogP contribution is 2.45. The van der Waals surface area contributed by atoms with Gasteiger partial charge in [-0.1, -0.05) is 70.6 Å². The van der Waals surface area contributed by atoms with E-state index in [2.05, 4.69) is 152 Å². The average molecular weight is 1480 g/mol. The second kappa shape index (κ2) is 31.0. The molecule has 102 heavy (non-hydrogen) atoms. The molecule has 0 saturated heterocycles. The van der Waals surface area contributed by atoms with Gasteiger partial charge in [-0.15, -0.1) is 92.0 Å². The number of thioether (sulfide) groups is 6. The first-order valence-electron chi connectivity index (χ1n) is 29.9. The summed E-state index contributed by atoms with van der Waals surface area (Å²) in [5.74, 6) is -1.54. The maximum atomic E-state index is 12.7. The Morgan fingerprint density at radius 3 is 0.461 bits per heavy atom. The minimum Gasteiger partial charge on any atom is -0.507 e. The van der Waals surface area contributed by atoms with Crippen molar-refractivity contribution in [1.82, 2.24) is 91.1 Å². The molecule has 12 N–H and O–H groups in total. The summed E-state index contributed by atoms with van der Waals surface area (Å²) in [6, 6.07) is 18.8. The van der Waals surface area contributed by atoms with Crippen LogP contribution in [0.25, 0.3) is 0 Å². The summed E-state index contributed by atoms with van der Waals surface area (Å²) in [6.07, 6.45) is 9.61. The van der Waals surface area contributed by atoms with Gasteiger partial charge in [-0.05, 0) is 110 Å².